The summed E-state index contributed by atoms with van der Waals surface area (Å²) in [6, 6.07) is 15.4. The Kier molecular flexibility index (Phi) is 5.75. The first-order chi connectivity index (χ1) is 13.7. The van der Waals surface area contributed by atoms with Crippen molar-refractivity contribution in [3.63, 3.8) is 0 Å². The molecule has 1 N–H and O–H groups in total. The van der Waals surface area contributed by atoms with E-state index in [0.29, 0.717) is 24.4 Å². The molecule has 2 amide bonds. The first-order valence-electron chi connectivity index (χ1n) is 10.5. The molecule has 146 valence electrons. The maximum Gasteiger partial charge on any atom is 0.258 e. The molecule has 1 fully saturated rings. The van der Waals surface area contributed by atoms with Gasteiger partial charge >= 0.3 is 0 Å². The molecule has 0 radical (unpaired) electrons. The van der Waals surface area contributed by atoms with Crippen molar-refractivity contribution >= 4 is 23.2 Å². The lowest BCUT2D eigenvalue weighted by atomic mass is 9.99. The van der Waals surface area contributed by atoms with Crippen LogP contribution in [0.5, 0.6) is 0 Å². The maximum atomic E-state index is 13.0. The van der Waals surface area contributed by atoms with E-state index in [1.54, 1.807) is 0 Å². The van der Waals surface area contributed by atoms with Gasteiger partial charge in [-0.3, -0.25) is 9.59 Å². The summed E-state index contributed by atoms with van der Waals surface area (Å²) in [6.07, 6.45) is 8.63. The molecule has 28 heavy (non-hydrogen) atoms. The number of hydrogen-bond donors (Lipinski definition) is 1. The molecule has 4 rings (SSSR count). The largest absolute Gasteiger partial charge is 0.326 e. The smallest absolute Gasteiger partial charge is 0.258 e. The fourth-order valence-corrected chi connectivity index (χ4v) is 4.46. The Morgan fingerprint density at radius 1 is 1.00 bits per heavy atom. The summed E-state index contributed by atoms with van der Waals surface area (Å²) in [5.74, 6) is 0.808. The van der Waals surface area contributed by atoms with E-state index in [2.05, 4.69) is 5.32 Å². The van der Waals surface area contributed by atoms with Gasteiger partial charge in [-0.15, -0.1) is 0 Å². The van der Waals surface area contributed by atoms with Gasteiger partial charge < -0.3 is 10.2 Å². The van der Waals surface area contributed by atoms with Gasteiger partial charge in [0.05, 0.1) is 0 Å². The summed E-state index contributed by atoms with van der Waals surface area (Å²) >= 11 is 0. The van der Waals surface area contributed by atoms with Crippen molar-refractivity contribution in [3.05, 3.63) is 59.7 Å². The van der Waals surface area contributed by atoms with Crippen molar-refractivity contribution < 1.29 is 9.59 Å². The molecule has 0 spiro atoms. The van der Waals surface area contributed by atoms with Crippen molar-refractivity contribution in [1.29, 1.82) is 0 Å². The molecular weight excluding hydrogens is 348 g/mol. The topological polar surface area (TPSA) is 49.4 Å². The summed E-state index contributed by atoms with van der Waals surface area (Å²) in [7, 11) is 0. The van der Waals surface area contributed by atoms with E-state index in [1.165, 1.54) is 31.2 Å². The first kappa shape index (κ1) is 18.7. The van der Waals surface area contributed by atoms with Gasteiger partial charge in [0, 0.05) is 29.9 Å². The molecule has 1 aliphatic carbocycles. The normalized spacial score (nSPS) is 16.6. The number of benzene rings is 2. The van der Waals surface area contributed by atoms with E-state index in [-0.39, 0.29) is 11.8 Å². The van der Waals surface area contributed by atoms with Crippen molar-refractivity contribution in [1.82, 2.24) is 0 Å². The van der Waals surface area contributed by atoms with Crippen LogP contribution in [-0.2, 0) is 11.2 Å². The zero-order chi connectivity index (χ0) is 19.3. The third kappa shape index (κ3) is 4.27. The minimum atomic E-state index is 0.0197. The molecule has 0 atom stereocenters. The minimum Gasteiger partial charge on any atom is -0.326 e. The number of anilines is 2. The van der Waals surface area contributed by atoms with Crippen LogP contribution in [0.2, 0.25) is 0 Å². The van der Waals surface area contributed by atoms with Gasteiger partial charge in [-0.25, -0.2) is 0 Å². The quantitative estimate of drug-likeness (QED) is 0.781. The fourth-order valence-electron chi connectivity index (χ4n) is 4.46. The Labute approximate surface area is 166 Å². The monoisotopic (exact) mass is 376 g/mol. The SMILES string of the molecule is O=C(CCC1CCCC1)Nc1ccc2c(c1)N(C(=O)c1ccccc1)CCC2. The number of hydrogen-bond acceptors (Lipinski definition) is 2. The van der Waals surface area contributed by atoms with E-state index in [4.69, 9.17) is 0 Å². The molecule has 1 saturated carbocycles. The van der Waals surface area contributed by atoms with Gasteiger partial charge in [-0.2, -0.15) is 0 Å². The second-order valence-electron chi connectivity index (χ2n) is 8.01. The average Bonchev–Trinajstić information content (AvgIpc) is 3.26. The van der Waals surface area contributed by atoms with E-state index >= 15 is 0 Å². The number of aryl methyl sites for hydroxylation is 1. The van der Waals surface area contributed by atoms with E-state index < -0.39 is 0 Å². The summed E-state index contributed by atoms with van der Waals surface area (Å²) in [5, 5.41) is 3.04. The van der Waals surface area contributed by atoms with Gasteiger partial charge in [0.2, 0.25) is 5.91 Å². The highest BCUT2D eigenvalue weighted by atomic mass is 16.2. The second kappa shape index (κ2) is 8.59. The van der Waals surface area contributed by atoms with E-state index in [1.807, 2.05) is 53.4 Å². The highest BCUT2D eigenvalue weighted by Crippen LogP contribution is 2.32. The zero-order valence-corrected chi connectivity index (χ0v) is 16.3. The number of fused-ring (bicyclic) bond motifs is 1. The maximum absolute atomic E-state index is 13.0. The number of nitrogens with one attached hydrogen (secondary N) is 1. The minimum absolute atomic E-state index is 0.0197. The van der Waals surface area contributed by atoms with Crippen LogP contribution in [0.25, 0.3) is 0 Å². The number of nitrogens with zero attached hydrogens (tertiary/aromatic N) is 1. The van der Waals surface area contributed by atoms with Gasteiger partial charge in [-0.05, 0) is 55.0 Å². The number of amides is 2. The molecule has 0 bridgehead atoms. The standard InChI is InChI=1S/C24H28N2O2/c27-23(15-12-18-7-4-5-8-18)25-21-14-13-19-11-6-16-26(22(19)17-21)24(28)20-9-2-1-3-10-20/h1-3,9-10,13-14,17-18H,4-8,11-12,15-16H2,(H,25,27). The molecule has 0 saturated heterocycles. The number of rotatable bonds is 5. The van der Waals surface area contributed by atoms with Gasteiger partial charge in [0.25, 0.3) is 5.91 Å². The Bertz CT molecular complexity index is 841. The predicted octanol–water partition coefficient (Wildman–Crippen LogP) is 5.19. The second-order valence-corrected chi connectivity index (χ2v) is 8.01. The Balaban J connectivity index is 1.46. The first-order valence-corrected chi connectivity index (χ1v) is 10.5. The summed E-state index contributed by atoms with van der Waals surface area (Å²) < 4.78 is 0. The summed E-state index contributed by atoms with van der Waals surface area (Å²) in [5.41, 5.74) is 3.57. The number of carbonyl (C=O) groups excluding carboxylic acids is 2. The van der Waals surface area contributed by atoms with Crippen molar-refractivity contribution in [2.24, 2.45) is 5.92 Å². The van der Waals surface area contributed by atoms with Crippen molar-refractivity contribution in [3.8, 4) is 0 Å². The lowest BCUT2D eigenvalue weighted by Gasteiger charge is -2.30. The van der Waals surface area contributed by atoms with Gasteiger partial charge in [-0.1, -0.05) is 49.9 Å². The molecule has 4 heteroatoms. The molecule has 0 aromatic heterocycles. The lowest BCUT2D eigenvalue weighted by molar-refractivity contribution is -0.116. The molecular formula is C24H28N2O2. The summed E-state index contributed by atoms with van der Waals surface area (Å²) in [4.78, 5) is 27.2. The van der Waals surface area contributed by atoms with Crippen molar-refractivity contribution in [2.45, 2.75) is 51.4 Å². The van der Waals surface area contributed by atoms with Crippen LogP contribution >= 0.6 is 0 Å². The van der Waals surface area contributed by atoms with Crippen molar-refractivity contribution in [2.75, 3.05) is 16.8 Å². The average molecular weight is 377 g/mol. The van der Waals surface area contributed by atoms with E-state index in [0.717, 1.165) is 30.6 Å². The Hall–Kier alpha value is -2.62. The van der Waals surface area contributed by atoms with Gasteiger partial charge in [0.1, 0.15) is 0 Å². The van der Waals surface area contributed by atoms with Crippen LogP contribution in [0, 0.1) is 5.92 Å². The highest BCUT2D eigenvalue weighted by Gasteiger charge is 2.24. The molecule has 2 aromatic rings. The van der Waals surface area contributed by atoms with Crippen LogP contribution in [0.3, 0.4) is 0 Å². The molecule has 1 aliphatic heterocycles. The van der Waals surface area contributed by atoms with Crippen LogP contribution in [0.4, 0.5) is 11.4 Å². The summed E-state index contributed by atoms with van der Waals surface area (Å²) in [6.45, 7) is 0.708. The molecule has 4 nitrogen and oxygen atoms in total. The third-order valence-corrected chi connectivity index (χ3v) is 6.01. The lowest BCUT2D eigenvalue weighted by Crippen LogP contribution is -2.35. The Morgan fingerprint density at radius 2 is 1.79 bits per heavy atom. The van der Waals surface area contributed by atoms with Crippen LogP contribution in [-0.4, -0.2) is 18.4 Å². The van der Waals surface area contributed by atoms with Crippen LogP contribution in [0.1, 0.15) is 60.9 Å². The molecule has 1 heterocycles. The van der Waals surface area contributed by atoms with Gasteiger partial charge in [0.15, 0.2) is 0 Å². The molecule has 2 aliphatic rings. The molecule has 2 aromatic carbocycles. The third-order valence-electron chi connectivity index (χ3n) is 6.01. The highest BCUT2D eigenvalue weighted by molar-refractivity contribution is 6.07. The van der Waals surface area contributed by atoms with Crippen LogP contribution < -0.4 is 10.2 Å². The number of carbonyl (C=O) groups is 2. The molecule has 0 unspecified atom stereocenters. The fraction of sp³-hybridized carbons (Fsp3) is 0.417. The predicted molar refractivity (Wildman–Crippen MR) is 113 cm³/mol. The van der Waals surface area contributed by atoms with E-state index in [9.17, 15) is 9.59 Å². The zero-order valence-electron chi connectivity index (χ0n) is 16.3. The Morgan fingerprint density at radius 3 is 2.57 bits per heavy atom. The van der Waals surface area contributed by atoms with Crippen LogP contribution in [0.15, 0.2) is 48.5 Å².